The molecule has 2 N–H and O–H groups in total. The van der Waals surface area contributed by atoms with Gasteiger partial charge in [-0.15, -0.1) is 0 Å². The van der Waals surface area contributed by atoms with Crippen LogP contribution in [0.5, 0.6) is 5.75 Å². The van der Waals surface area contributed by atoms with Crippen molar-refractivity contribution in [3.63, 3.8) is 0 Å². The van der Waals surface area contributed by atoms with Crippen LogP contribution in [0.4, 0.5) is 17.3 Å². The van der Waals surface area contributed by atoms with Gasteiger partial charge in [-0.3, -0.25) is 0 Å². The Hall–Kier alpha value is -2.01. The second kappa shape index (κ2) is 5.55. The molecule has 0 fully saturated rings. The Morgan fingerprint density at radius 3 is 2.61 bits per heavy atom. The first-order valence-corrected chi connectivity index (χ1v) is 5.71. The number of halogens is 1. The Morgan fingerprint density at radius 1 is 1.17 bits per heavy atom. The number of methoxy groups -OCH3 is 1. The zero-order chi connectivity index (χ0) is 13.0. The largest absolute Gasteiger partial charge is 0.497 e. The fourth-order valence-electron chi connectivity index (χ4n) is 1.42. The first-order chi connectivity index (χ1) is 8.72. The van der Waals surface area contributed by atoms with Crippen molar-refractivity contribution in [3.05, 3.63) is 35.6 Å². The van der Waals surface area contributed by atoms with Gasteiger partial charge in [-0.2, -0.15) is 0 Å². The summed E-state index contributed by atoms with van der Waals surface area (Å²) >= 11 is 6.13. The van der Waals surface area contributed by atoms with Crippen LogP contribution < -0.4 is 15.4 Å². The standard InChI is InChI=1S/C12H13ClN4O/c1-14-11-6-12(16-7-15-11)17-10-4-3-8(18-2)5-9(10)13/h3-7H,1-2H3,(H2,14,15,16,17). The number of nitrogens with one attached hydrogen (secondary N) is 2. The molecule has 0 aliphatic rings. The van der Waals surface area contributed by atoms with Gasteiger partial charge in [-0.05, 0) is 12.1 Å². The lowest BCUT2D eigenvalue weighted by atomic mass is 10.3. The number of hydrogen-bond donors (Lipinski definition) is 2. The summed E-state index contributed by atoms with van der Waals surface area (Å²) in [6, 6.07) is 7.20. The summed E-state index contributed by atoms with van der Waals surface area (Å²) < 4.78 is 5.09. The Bertz CT molecular complexity index is 547. The Kier molecular flexibility index (Phi) is 3.84. The molecule has 18 heavy (non-hydrogen) atoms. The Labute approximate surface area is 110 Å². The van der Waals surface area contributed by atoms with Crippen molar-refractivity contribution in [2.75, 3.05) is 24.8 Å². The van der Waals surface area contributed by atoms with Crippen molar-refractivity contribution in [2.24, 2.45) is 0 Å². The summed E-state index contributed by atoms with van der Waals surface area (Å²) in [4.78, 5) is 8.15. The van der Waals surface area contributed by atoms with E-state index in [9.17, 15) is 0 Å². The van der Waals surface area contributed by atoms with Gasteiger partial charge < -0.3 is 15.4 Å². The summed E-state index contributed by atoms with van der Waals surface area (Å²) in [6.07, 6.45) is 1.48. The summed E-state index contributed by atoms with van der Waals surface area (Å²) in [5.41, 5.74) is 0.762. The first kappa shape index (κ1) is 12.4. The van der Waals surface area contributed by atoms with Crippen LogP contribution in [-0.4, -0.2) is 24.1 Å². The van der Waals surface area contributed by atoms with Crippen LogP contribution in [-0.2, 0) is 0 Å². The monoisotopic (exact) mass is 264 g/mol. The zero-order valence-electron chi connectivity index (χ0n) is 10.1. The van der Waals surface area contributed by atoms with E-state index < -0.39 is 0 Å². The molecule has 94 valence electrons. The van der Waals surface area contributed by atoms with Gasteiger partial charge in [0.05, 0.1) is 17.8 Å². The van der Waals surface area contributed by atoms with Crippen molar-refractivity contribution in [1.29, 1.82) is 0 Å². The van der Waals surface area contributed by atoms with Gasteiger partial charge in [0.25, 0.3) is 0 Å². The molecule has 0 radical (unpaired) electrons. The molecule has 0 saturated heterocycles. The van der Waals surface area contributed by atoms with E-state index in [4.69, 9.17) is 16.3 Å². The van der Waals surface area contributed by atoms with E-state index >= 15 is 0 Å². The Morgan fingerprint density at radius 2 is 1.94 bits per heavy atom. The van der Waals surface area contributed by atoms with E-state index in [-0.39, 0.29) is 0 Å². The molecule has 0 spiro atoms. The maximum absolute atomic E-state index is 6.13. The lowest BCUT2D eigenvalue weighted by Crippen LogP contribution is -1.98. The third-order valence-corrected chi connectivity index (χ3v) is 2.67. The van der Waals surface area contributed by atoms with Crippen LogP contribution in [0.3, 0.4) is 0 Å². The molecule has 0 amide bonds. The van der Waals surface area contributed by atoms with Crippen LogP contribution in [0.25, 0.3) is 0 Å². The van der Waals surface area contributed by atoms with E-state index in [2.05, 4.69) is 20.6 Å². The van der Waals surface area contributed by atoms with Crippen LogP contribution in [0, 0.1) is 0 Å². The van der Waals surface area contributed by atoms with Crippen LogP contribution in [0.2, 0.25) is 5.02 Å². The van der Waals surface area contributed by atoms with Crippen LogP contribution in [0.1, 0.15) is 0 Å². The highest BCUT2D eigenvalue weighted by molar-refractivity contribution is 6.33. The normalized spacial score (nSPS) is 9.94. The number of hydrogen-bond acceptors (Lipinski definition) is 5. The highest BCUT2D eigenvalue weighted by Crippen LogP contribution is 2.28. The predicted octanol–water partition coefficient (Wildman–Crippen LogP) is 2.92. The highest BCUT2D eigenvalue weighted by atomic mass is 35.5. The average molecular weight is 265 g/mol. The maximum atomic E-state index is 6.13. The molecule has 2 rings (SSSR count). The Balaban J connectivity index is 2.22. The summed E-state index contributed by atoms with van der Waals surface area (Å²) in [7, 11) is 3.40. The molecule has 0 atom stereocenters. The van der Waals surface area contributed by atoms with Crippen LogP contribution >= 0.6 is 11.6 Å². The van der Waals surface area contributed by atoms with Crippen molar-refractivity contribution >= 4 is 28.9 Å². The minimum Gasteiger partial charge on any atom is -0.497 e. The molecular formula is C12H13ClN4O. The molecule has 5 nitrogen and oxygen atoms in total. The first-order valence-electron chi connectivity index (χ1n) is 5.33. The van der Waals surface area contributed by atoms with Gasteiger partial charge >= 0.3 is 0 Å². The number of ether oxygens (including phenoxy) is 1. The second-order valence-electron chi connectivity index (χ2n) is 3.51. The molecule has 1 heterocycles. The number of aromatic nitrogens is 2. The van der Waals surface area contributed by atoms with Crippen molar-refractivity contribution in [3.8, 4) is 5.75 Å². The maximum Gasteiger partial charge on any atom is 0.135 e. The number of rotatable bonds is 4. The third kappa shape index (κ3) is 2.81. The molecule has 0 saturated carbocycles. The van der Waals surface area contributed by atoms with Gasteiger partial charge in [-0.1, -0.05) is 11.6 Å². The van der Waals surface area contributed by atoms with E-state index in [1.807, 2.05) is 12.1 Å². The van der Waals surface area contributed by atoms with Crippen molar-refractivity contribution < 1.29 is 4.74 Å². The third-order valence-electron chi connectivity index (χ3n) is 2.36. The fraction of sp³-hybridized carbons (Fsp3) is 0.167. The summed E-state index contributed by atoms with van der Waals surface area (Å²) in [5.74, 6) is 2.11. The molecule has 0 aliphatic carbocycles. The molecular weight excluding hydrogens is 252 g/mol. The zero-order valence-corrected chi connectivity index (χ0v) is 10.8. The summed E-state index contributed by atoms with van der Waals surface area (Å²) in [5, 5.41) is 6.63. The number of benzene rings is 1. The SMILES string of the molecule is CNc1cc(Nc2ccc(OC)cc2Cl)ncn1. The molecule has 0 bridgehead atoms. The van der Waals surface area contributed by atoms with Crippen molar-refractivity contribution in [2.45, 2.75) is 0 Å². The number of nitrogens with zero attached hydrogens (tertiary/aromatic N) is 2. The fourth-order valence-corrected chi connectivity index (χ4v) is 1.64. The minimum atomic E-state index is 0.568. The van der Waals surface area contributed by atoms with E-state index in [1.54, 1.807) is 26.3 Å². The smallest absolute Gasteiger partial charge is 0.135 e. The summed E-state index contributed by atoms with van der Waals surface area (Å²) in [6.45, 7) is 0. The van der Waals surface area contributed by atoms with E-state index in [0.717, 1.165) is 11.5 Å². The van der Waals surface area contributed by atoms with Crippen LogP contribution in [0.15, 0.2) is 30.6 Å². The lowest BCUT2D eigenvalue weighted by Gasteiger charge is -2.09. The predicted molar refractivity (Wildman–Crippen MR) is 72.9 cm³/mol. The van der Waals surface area contributed by atoms with Crippen molar-refractivity contribution in [1.82, 2.24) is 9.97 Å². The molecule has 2 aromatic rings. The topological polar surface area (TPSA) is 59.1 Å². The highest BCUT2D eigenvalue weighted by Gasteiger charge is 2.04. The van der Waals surface area contributed by atoms with Gasteiger partial charge in [0.1, 0.15) is 23.7 Å². The molecule has 0 unspecified atom stereocenters. The minimum absolute atomic E-state index is 0.568. The molecule has 1 aromatic heterocycles. The quantitative estimate of drug-likeness (QED) is 0.889. The van der Waals surface area contributed by atoms with E-state index in [0.29, 0.717) is 16.6 Å². The second-order valence-corrected chi connectivity index (χ2v) is 3.92. The molecule has 0 aliphatic heterocycles. The van der Waals surface area contributed by atoms with Gasteiger partial charge in [0, 0.05) is 19.2 Å². The average Bonchev–Trinajstić information content (AvgIpc) is 2.41. The van der Waals surface area contributed by atoms with Gasteiger partial charge in [0.2, 0.25) is 0 Å². The lowest BCUT2D eigenvalue weighted by molar-refractivity contribution is 0.415. The molecule has 1 aromatic carbocycles. The number of anilines is 3. The van der Waals surface area contributed by atoms with Gasteiger partial charge in [0.15, 0.2) is 0 Å². The van der Waals surface area contributed by atoms with E-state index in [1.165, 1.54) is 6.33 Å². The van der Waals surface area contributed by atoms with Gasteiger partial charge in [-0.25, -0.2) is 9.97 Å². The molecule has 6 heteroatoms.